The van der Waals surface area contributed by atoms with Crippen LogP contribution in [0.1, 0.15) is 11.1 Å². The van der Waals surface area contributed by atoms with Gasteiger partial charge in [0.05, 0.1) is 0 Å². The molecule has 1 unspecified atom stereocenters. The summed E-state index contributed by atoms with van der Waals surface area (Å²) in [5.74, 6) is -0.715. The Bertz CT molecular complexity index is 806. The molecule has 0 heterocycles. The van der Waals surface area contributed by atoms with E-state index in [-0.39, 0.29) is 11.1 Å². The van der Waals surface area contributed by atoms with Crippen molar-refractivity contribution in [2.24, 2.45) is 0 Å². The van der Waals surface area contributed by atoms with Crippen LogP contribution in [-0.2, 0) is 26.7 Å². The van der Waals surface area contributed by atoms with Crippen molar-refractivity contribution in [1.29, 1.82) is 0 Å². The molecule has 1 aliphatic carbocycles. The topological polar surface area (TPSA) is 149 Å². The minimum atomic E-state index is -4.83. The summed E-state index contributed by atoms with van der Waals surface area (Å²) in [6.45, 7) is 0. The Labute approximate surface area is 114 Å². The van der Waals surface area contributed by atoms with Crippen LogP contribution in [0.2, 0.25) is 0 Å². The Kier molecular flexibility index (Phi) is 3.19. The highest BCUT2D eigenvalue weighted by atomic mass is 32.2. The number of aliphatic hydroxyl groups is 1. The molecule has 1 aromatic rings. The van der Waals surface area contributed by atoms with Crippen molar-refractivity contribution in [3.05, 3.63) is 29.3 Å². The van der Waals surface area contributed by atoms with Crippen LogP contribution >= 0.6 is 0 Å². The van der Waals surface area contributed by atoms with Crippen molar-refractivity contribution in [3.8, 4) is 5.75 Å². The maximum atomic E-state index is 11.1. The van der Waals surface area contributed by atoms with Crippen molar-refractivity contribution in [2.45, 2.75) is 16.2 Å². The van der Waals surface area contributed by atoms with Gasteiger partial charge in [0.1, 0.15) is 10.6 Å². The first-order valence-corrected chi connectivity index (χ1v) is 8.04. The van der Waals surface area contributed by atoms with Gasteiger partial charge in [0, 0.05) is 6.42 Å². The Morgan fingerprint density at radius 3 is 2.20 bits per heavy atom. The fourth-order valence-electron chi connectivity index (χ4n) is 1.87. The number of hydrogen-bond acceptors (Lipinski definition) is 6. The molecule has 4 N–H and O–H groups in total. The molecule has 1 atom stereocenters. The summed E-state index contributed by atoms with van der Waals surface area (Å²) in [5.41, 5.74) is 0.279. The largest absolute Gasteiger partial charge is 0.506 e. The minimum Gasteiger partial charge on any atom is -0.506 e. The lowest BCUT2D eigenvalue weighted by Crippen LogP contribution is -2.39. The number of rotatable bonds is 2. The van der Waals surface area contributed by atoms with E-state index in [1.165, 1.54) is 0 Å². The van der Waals surface area contributed by atoms with E-state index < -0.39 is 42.2 Å². The van der Waals surface area contributed by atoms with Crippen molar-refractivity contribution in [2.75, 3.05) is 0 Å². The molecule has 0 saturated carbocycles. The lowest BCUT2D eigenvalue weighted by atomic mass is 9.95. The molecule has 1 aromatic carbocycles. The molecule has 1 aliphatic rings. The van der Waals surface area contributed by atoms with Gasteiger partial charge in [-0.2, -0.15) is 16.8 Å². The molecule has 0 bridgehead atoms. The third kappa shape index (κ3) is 2.43. The first-order chi connectivity index (χ1) is 8.94. The molecule has 110 valence electrons. The minimum absolute atomic E-state index is 0.0260. The van der Waals surface area contributed by atoms with E-state index in [4.69, 9.17) is 9.11 Å². The van der Waals surface area contributed by atoms with Gasteiger partial charge in [-0.15, -0.1) is 0 Å². The van der Waals surface area contributed by atoms with Gasteiger partial charge in [-0.25, -0.2) is 0 Å². The molecular weight excluding hydrogens is 312 g/mol. The second kappa shape index (κ2) is 4.27. The first-order valence-electron chi connectivity index (χ1n) is 5.16. The predicted octanol–water partition coefficient (Wildman–Crippen LogP) is -0.215. The van der Waals surface area contributed by atoms with Gasteiger partial charge in [-0.1, -0.05) is 6.08 Å². The van der Waals surface area contributed by atoms with Crippen LogP contribution < -0.4 is 0 Å². The molecule has 20 heavy (non-hydrogen) atoms. The van der Waals surface area contributed by atoms with E-state index in [9.17, 15) is 27.0 Å². The van der Waals surface area contributed by atoms with Crippen LogP contribution in [0.5, 0.6) is 5.75 Å². The van der Waals surface area contributed by atoms with Gasteiger partial charge in [0.2, 0.25) is 4.93 Å². The Morgan fingerprint density at radius 1 is 1.10 bits per heavy atom. The highest BCUT2D eigenvalue weighted by Crippen LogP contribution is 2.34. The van der Waals surface area contributed by atoms with Gasteiger partial charge in [0.15, 0.2) is 0 Å². The van der Waals surface area contributed by atoms with Crippen molar-refractivity contribution in [3.63, 3.8) is 0 Å². The van der Waals surface area contributed by atoms with E-state index in [0.29, 0.717) is 0 Å². The van der Waals surface area contributed by atoms with E-state index >= 15 is 0 Å². The summed E-state index contributed by atoms with van der Waals surface area (Å²) in [6.07, 6.45) is 1.30. The first kappa shape index (κ1) is 14.9. The fraction of sp³-hybridized carbons (Fsp3) is 0.200. The molecule has 0 aliphatic heterocycles. The lowest BCUT2D eigenvalue weighted by Gasteiger charge is -2.26. The summed E-state index contributed by atoms with van der Waals surface area (Å²) in [7, 11) is -9.54. The maximum Gasteiger partial charge on any atom is 0.299 e. The SMILES string of the molecule is O=S(=O)(O)c1cc2c(cc1O)C=CC(O)(S(=O)(=O)O)C2. The van der Waals surface area contributed by atoms with E-state index in [2.05, 4.69) is 0 Å². The second-order valence-corrected chi connectivity index (χ2v) is 7.37. The lowest BCUT2D eigenvalue weighted by molar-refractivity contribution is 0.160. The number of aromatic hydroxyl groups is 1. The van der Waals surface area contributed by atoms with Crippen LogP contribution in [0.15, 0.2) is 23.1 Å². The van der Waals surface area contributed by atoms with Gasteiger partial charge < -0.3 is 10.2 Å². The van der Waals surface area contributed by atoms with Crippen LogP contribution in [0.25, 0.3) is 6.08 Å². The van der Waals surface area contributed by atoms with Gasteiger partial charge >= 0.3 is 0 Å². The quantitative estimate of drug-likeness (QED) is 0.546. The average Bonchev–Trinajstić information content (AvgIpc) is 2.26. The molecule has 0 aromatic heterocycles. The van der Waals surface area contributed by atoms with Gasteiger partial charge in [-0.3, -0.25) is 9.11 Å². The second-order valence-electron chi connectivity index (χ2n) is 4.32. The van der Waals surface area contributed by atoms with Crippen LogP contribution in [0.4, 0.5) is 0 Å². The summed E-state index contributed by atoms with van der Waals surface area (Å²) in [5, 5.41) is 19.3. The highest BCUT2D eigenvalue weighted by molar-refractivity contribution is 7.87. The summed E-state index contributed by atoms with van der Waals surface area (Å²) in [4.78, 5) is -3.41. The molecule has 0 fully saturated rings. The zero-order valence-corrected chi connectivity index (χ0v) is 11.4. The molecule has 0 amide bonds. The Balaban J connectivity index is 2.64. The smallest absolute Gasteiger partial charge is 0.299 e. The molecule has 0 saturated heterocycles. The molecule has 0 spiro atoms. The summed E-state index contributed by atoms with van der Waals surface area (Å²) in [6, 6.07) is 1.83. The zero-order valence-electron chi connectivity index (χ0n) is 9.75. The maximum absolute atomic E-state index is 11.1. The standard InChI is InChI=1S/C10H10O8S2/c11-8-3-6-1-2-10(12,20(16,17)18)5-7(6)4-9(8)19(13,14)15/h1-4,11-12H,5H2,(H,13,14,15)(H,16,17,18). The Morgan fingerprint density at radius 2 is 1.70 bits per heavy atom. The molecule has 8 nitrogen and oxygen atoms in total. The number of hydrogen-bond donors (Lipinski definition) is 4. The molecular formula is C10H10O8S2. The Hall–Kier alpha value is -1.46. The molecule has 10 heteroatoms. The van der Waals surface area contributed by atoms with E-state index in [1.54, 1.807) is 0 Å². The highest BCUT2D eigenvalue weighted by Gasteiger charge is 2.41. The van der Waals surface area contributed by atoms with Crippen LogP contribution in [-0.4, -0.2) is 41.1 Å². The summed E-state index contributed by atoms with van der Waals surface area (Å²) < 4.78 is 62.2. The number of fused-ring (bicyclic) bond motifs is 1. The van der Waals surface area contributed by atoms with Crippen molar-refractivity contribution in [1.82, 2.24) is 0 Å². The van der Waals surface area contributed by atoms with E-state index in [0.717, 1.165) is 24.3 Å². The number of phenols is 1. The van der Waals surface area contributed by atoms with Crippen molar-refractivity contribution < 1.29 is 36.2 Å². The monoisotopic (exact) mass is 322 g/mol. The zero-order chi connectivity index (χ0) is 15.3. The molecule has 2 rings (SSSR count). The number of phenolic OH excluding ortho intramolecular Hbond substituents is 1. The van der Waals surface area contributed by atoms with Gasteiger partial charge in [0.25, 0.3) is 20.2 Å². The van der Waals surface area contributed by atoms with Crippen LogP contribution in [0.3, 0.4) is 0 Å². The third-order valence-corrected chi connectivity index (χ3v) is 4.97. The average molecular weight is 322 g/mol. The van der Waals surface area contributed by atoms with Crippen molar-refractivity contribution >= 4 is 26.3 Å². The predicted molar refractivity (Wildman–Crippen MR) is 67.2 cm³/mol. The van der Waals surface area contributed by atoms with E-state index in [1.807, 2.05) is 0 Å². The third-order valence-electron chi connectivity index (χ3n) is 2.91. The summed E-state index contributed by atoms with van der Waals surface area (Å²) >= 11 is 0. The fourth-order valence-corrected chi connectivity index (χ4v) is 3.06. The van der Waals surface area contributed by atoms with Gasteiger partial charge in [-0.05, 0) is 29.3 Å². The number of benzene rings is 1. The molecule has 0 radical (unpaired) electrons. The van der Waals surface area contributed by atoms with Crippen LogP contribution in [0, 0.1) is 0 Å². The normalized spacial score (nSPS) is 22.6.